The van der Waals surface area contributed by atoms with Gasteiger partial charge in [0, 0.05) is 32.0 Å². The number of hydrogen-bond donors (Lipinski definition) is 2. The monoisotopic (exact) mass is 339 g/mol. The molecule has 0 saturated carbocycles. The summed E-state index contributed by atoms with van der Waals surface area (Å²) in [5.74, 6) is 0.565. The smallest absolute Gasteiger partial charge is 0.357 e. The van der Waals surface area contributed by atoms with E-state index in [2.05, 4.69) is 20.6 Å². The van der Waals surface area contributed by atoms with E-state index in [0.717, 1.165) is 12.1 Å². The fraction of sp³-hybridized carbons (Fsp3) is 0.375. The Morgan fingerprint density at radius 3 is 2.79 bits per heavy atom. The van der Waals surface area contributed by atoms with Crippen molar-refractivity contribution in [3.05, 3.63) is 54.1 Å². The van der Waals surface area contributed by atoms with Crippen molar-refractivity contribution in [2.24, 2.45) is 4.99 Å². The highest BCUT2D eigenvalue weighted by Crippen LogP contribution is 2.29. The Morgan fingerprint density at radius 2 is 2.12 bits per heavy atom. The summed E-state index contributed by atoms with van der Waals surface area (Å²) >= 11 is 0. The number of nitrogens with one attached hydrogen (secondary N) is 2. The molecule has 2 rings (SSSR count). The number of alkyl halides is 3. The molecule has 0 bridgehead atoms. The van der Waals surface area contributed by atoms with Crippen molar-refractivity contribution in [3.63, 3.8) is 0 Å². The lowest BCUT2D eigenvalue weighted by atomic mass is 10.1. The zero-order chi connectivity index (χ0) is 17.4. The number of hydrogen-bond acceptors (Lipinski definition) is 2. The number of guanidine groups is 1. The van der Waals surface area contributed by atoms with E-state index in [1.54, 1.807) is 18.6 Å². The Hall–Kier alpha value is -2.51. The Kier molecular flexibility index (Phi) is 6.22. The number of aliphatic imine (C=N–C) groups is 1. The lowest BCUT2D eigenvalue weighted by molar-refractivity contribution is -0.137. The van der Waals surface area contributed by atoms with E-state index in [1.807, 2.05) is 17.7 Å². The first-order chi connectivity index (χ1) is 11.5. The number of rotatable bonds is 6. The van der Waals surface area contributed by atoms with Gasteiger partial charge in [-0.25, -0.2) is 9.98 Å². The molecule has 1 aromatic heterocycles. The molecule has 1 heterocycles. The molecule has 0 saturated heterocycles. The second-order valence-corrected chi connectivity index (χ2v) is 5.12. The minimum absolute atomic E-state index is 0.171. The van der Waals surface area contributed by atoms with Crippen LogP contribution in [0.25, 0.3) is 0 Å². The minimum atomic E-state index is -4.34. The van der Waals surface area contributed by atoms with E-state index in [1.165, 1.54) is 6.07 Å². The molecule has 0 radical (unpaired) electrons. The number of aromatic nitrogens is 2. The quantitative estimate of drug-likeness (QED) is 0.628. The van der Waals surface area contributed by atoms with Gasteiger partial charge < -0.3 is 15.2 Å². The minimum Gasteiger partial charge on any atom is -0.357 e. The molecule has 0 aliphatic rings. The number of nitrogens with zero attached hydrogens (tertiary/aromatic N) is 3. The van der Waals surface area contributed by atoms with Crippen molar-refractivity contribution >= 4 is 5.96 Å². The fourth-order valence-corrected chi connectivity index (χ4v) is 2.08. The highest BCUT2D eigenvalue weighted by molar-refractivity contribution is 5.79. The van der Waals surface area contributed by atoms with Crippen LogP contribution in [-0.4, -0.2) is 28.6 Å². The first-order valence-electron chi connectivity index (χ1n) is 7.63. The van der Waals surface area contributed by atoms with Crippen molar-refractivity contribution in [3.8, 4) is 0 Å². The van der Waals surface area contributed by atoms with Crippen LogP contribution in [0.5, 0.6) is 0 Å². The summed E-state index contributed by atoms with van der Waals surface area (Å²) in [6, 6.07) is 5.21. The molecule has 24 heavy (non-hydrogen) atoms. The van der Waals surface area contributed by atoms with Gasteiger partial charge in [-0.15, -0.1) is 0 Å². The number of benzene rings is 1. The normalized spacial score (nSPS) is 12.2. The van der Waals surface area contributed by atoms with E-state index in [9.17, 15) is 13.2 Å². The predicted molar refractivity (Wildman–Crippen MR) is 86.5 cm³/mol. The SMILES string of the molecule is CCNC(=NCc1cccc(C(F)(F)F)c1)NCCn1ccnc1. The van der Waals surface area contributed by atoms with Crippen LogP contribution in [0.4, 0.5) is 13.2 Å². The molecule has 0 fully saturated rings. The Morgan fingerprint density at radius 1 is 1.29 bits per heavy atom. The third-order valence-corrected chi connectivity index (χ3v) is 3.24. The van der Waals surface area contributed by atoms with E-state index in [4.69, 9.17) is 0 Å². The van der Waals surface area contributed by atoms with Crippen molar-refractivity contribution in [2.75, 3.05) is 13.1 Å². The summed E-state index contributed by atoms with van der Waals surface area (Å²) in [5.41, 5.74) is -0.148. The molecule has 0 aliphatic heterocycles. The third-order valence-electron chi connectivity index (χ3n) is 3.24. The molecular weight excluding hydrogens is 319 g/mol. The number of halogens is 3. The van der Waals surface area contributed by atoms with E-state index >= 15 is 0 Å². The van der Waals surface area contributed by atoms with Gasteiger partial charge in [-0.3, -0.25) is 0 Å². The first kappa shape index (κ1) is 17.8. The first-order valence-corrected chi connectivity index (χ1v) is 7.63. The van der Waals surface area contributed by atoms with Gasteiger partial charge in [-0.05, 0) is 24.6 Å². The van der Waals surface area contributed by atoms with Crippen LogP contribution in [0.3, 0.4) is 0 Å². The van der Waals surface area contributed by atoms with Crippen molar-refractivity contribution < 1.29 is 13.2 Å². The highest BCUT2D eigenvalue weighted by atomic mass is 19.4. The van der Waals surface area contributed by atoms with E-state index in [-0.39, 0.29) is 6.54 Å². The summed E-state index contributed by atoms with van der Waals surface area (Å²) in [5, 5.41) is 6.21. The van der Waals surface area contributed by atoms with Gasteiger partial charge in [0.15, 0.2) is 5.96 Å². The molecule has 5 nitrogen and oxygen atoms in total. The predicted octanol–water partition coefficient (Wildman–Crippen LogP) is 2.66. The molecule has 0 spiro atoms. The van der Waals surface area contributed by atoms with Crippen LogP contribution in [0.2, 0.25) is 0 Å². The van der Waals surface area contributed by atoms with Crippen LogP contribution in [-0.2, 0) is 19.3 Å². The molecule has 2 N–H and O–H groups in total. The van der Waals surface area contributed by atoms with Crippen LogP contribution in [0.15, 0.2) is 48.0 Å². The molecule has 2 aromatic rings. The van der Waals surface area contributed by atoms with E-state index < -0.39 is 11.7 Å². The highest BCUT2D eigenvalue weighted by Gasteiger charge is 2.30. The summed E-state index contributed by atoms with van der Waals surface area (Å²) in [6.07, 6.45) is 0.933. The molecular formula is C16H20F3N5. The Bertz CT molecular complexity index is 650. The second kappa shape index (κ2) is 8.37. The maximum Gasteiger partial charge on any atom is 0.416 e. The van der Waals surface area contributed by atoms with Crippen LogP contribution in [0.1, 0.15) is 18.1 Å². The summed E-state index contributed by atoms with van der Waals surface area (Å²) < 4.78 is 40.1. The second-order valence-electron chi connectivity index (χ2n) is 5.12. The summed E-state index contributed by atoms with van der Waals surface area (Å²) in [6.45, 7) is 4.11. The molecule has 0 unspecified atom stereocenters. The van der Waals surface area contributed by atoms with Crippen molar-refractivity contribution in [2.45, 2.75) is 26.2 Å². The van der Waals surface area contributed by atoms with Gasteiger partial charge in [0.05, 0.1) is 18.4 Å². The topological polar surface area (TPSA) is 54.2 Å². The van der Waals surface area contributed by atoms with Gasteiger partial charge in [-0.2, -0.15) is 13.2 Å². The van der Waals surface area contributed by atoms with Gasteiger partial charge in [-0.1, -0.05) is 12.1 Å². The lowest BCUT2D eigenvalue weighted by Gasteiger charge is -2.12. The van der Waals surface area contributed by atoms with Crippen LogP contribution in [0, 0.1) is 0 Å². The third kappa shape index (κ3) is 5.60. The average molecular weight is 339 g/mol. The zero-order valence-corrected chi connectivity index (χ0v) is 13.3. The van der Waals surface area contributed by atoms with Gasteiger partial charge in [0.1, 0.15) is 0 Å². The van der Waals surface area contributed by atoms with E-state index in [0.29, 0.717) is 31.2 Å². The van der Waals surface area contributed by atoms with Crippen LogP contribution >= 0.6 is 0 Å². The Labute approximate surface area is 138 Å². The molecule has 130 valence electrons. The largest absolute Gasteiger partial charge is 0.416 e. The molecule has 0 atom stereocenters. The molecule has 1 aromatic carbocycles. The maximum absolute atomic E-state index is 12.7. The van der Waals surface area contributed by atoms with Gasteiger partial charge >= 0.3 is 6.18 Å². The number of imidazole rings is 1. The molecule has 0 aliphatic carbocycles. The molecule has 8 heteroatoms. The maximum atomic E-state index is 12.7. The van der Waals surface area contributed by atoms with Gasteiger partial charge in [0.2, 0.25) is 0 Å². The average Bonchev–Trinajstić information content (AvgIpc) is 3.05. The Balaban J connectivity index is 1.94. The zero-order valence-electron chi connectivity index (χ0n) is 13.3. The summed E-state index contributed by atoms with van der Waals surface area (Å²) in [4.78, 5) is 8.29. The summed E-state index contributed by atoms with van der Waals surface area (Å²) in [7, 11) is 0. The standard InChI is InChI=1S/C16H20F3N5/c1-2-21-15(22-7-9-24-8-6-20-12-24)23-11-13-4-3-5-14(10-13)16(17,18)19/h3-6,8,10,12H,2,7,9,11H2,1H3,(H2,21,22,23). The van der Waals surface area contributed by atoms with Crippen LogP contribution < -0.4 is 10.6 Å². The van der Waals surface area contributed by atoms with Gasteiger partial charge in [0.25, 0.3) is 0 Å². The lowest BCUT2D eigenvalue weighted by Crippen LogP contribution is -2.38. The van der Waals surface area contributed by atoms with Crippen molar-refractivity contribution in [1.29, 1.82) is 0 Å². The fourth-order valence-electron chi connectivity index (χ4n) is 2.08. The van der Waals surface area contributed by atoms with Crippen molar-refractivity contribution in [1.82, 2.24) is 20.2 Å². The molecule has 0 amide bonds.